The highest BCUT2D eigenvalue weighted by atomic mass is 16.6. The molecule has 0 heterocycles. The van der Waals surface area contributed by atoms with Gasteiger partial charge in [0.1, 0.15) is 13.2 Å². The van der Waals surface area contributed by atoms with Crippen LogP contribution in [-0.4, -0.2) is 37.2 Å². The van der Waals surface area contributed by atoms with Crippen LogP contribution in [0.4, 0.5) is 0 Å². The van der Waals surface area contributed by atoms with Crippen molar-refractivity contribution < 1.29 is 28.6 Å². The lowest BCUT2D eigenvalue weighted by atomic mass is 10.1. The zero-order chi connectivity index (χ0) is 38.7. The standard InChI is InChI=1S/C47H80O6/c1-4-7-10-13-16-19-21-23-25-28-31-34-37-40-46(49)52-43-44(42-51-45(48)39-36-33-30-27-18-15-12-9-6-3)53-47(50)41-38-35-32-29-26-24-22-20-17-14-11-8-5-2/h23-27,30-32,34-35,44H,4-22,28-29,33,36-43H2,1-3H3/b25-23-,26-24-,30-27-,34-31-,35-32-. The van der Waals surface area contributed by atoms with Crippen LogP contribution < -0.4 is 0 Å². The van der Waals surface area contributed by atoms with Crippen molar-refractivity contribution in [2.45, 2.75) is 207 Å². The monoisotopic (exact) mass is 741 g/mol. The largest absolute Gasteiger partial charge is 0.462 e. The molecule has 1 unspecified atom stereocenters. The van der Waals surface area contributed by atoms with E-state index in [0.717, 1.165) is 38.5 Å². The first-order chi connectivity index (χ1) is 26.0. The number of carbonyl (C=O) groups is 3. The Kier molecular flexibility index (Phi) is 39.6. The summed E-state index contributed by atoms with van der Waals surface area (Å²) in [6, 6.07) is 0. The van der Waals surface area contributed by atoms with Crippen molar-refractivity contribution in [3.63, 3.8) is 0 Å². The molecule has 6 heteroatoms. The molecular formula is C47H80O6. The van der Waals surface area contributed by atoms with Gasteiger partial charge >= 0.3 is 17.9 Å². The predicted octanol–water partition coefficient (Wildman–Crippen LogP) is 13.7. The van der Waals surface area contributed by atoms with Gasteiger partial charge in [0.05, 0.1) is 0 Å². The first-order valence-corrected chi connectivity index (χ1v) is 21.8. The van der Waals surface area contributed by atoms with Gasteiger partial charge in [0.2, 0.25) is 0 Å². The van der Waals surface area contributed by atoms with Crippen LogP contribution in [0.3, 0.4) is 0 Å². The van der Waals surface area contributed by atoms with Crippen LogP contribution in [0.5, 0.6) is 0 Å². The lowest BCUT2D eigenvalue weighted by Crippen LogP contribution is -2.30. The molecule has 0 amide bonds. The van der Waals surface area contributed by atoms with E-state index in [1.807, 2.05) is 12.2 Å². The summed E-state index contributed by atoms with van der Waals surface area (Å²) in [5, 5.41) is 0. The molecule has 53 heavy (non-hydrogen) atoms. The summed E-state index contributed by atoms with van der Waals surface area (Å²) in [4.78, 5) is 37.5. The molecule has 0 aromatic heterocycles. The molecule has 0 aliphatic heterocycles. The molecule has 0 saturated carbocycles. The van der Waals surface area contributed by atoms with Crippen molar-refractivity contribution in [1.82, 2.24) is 0 Å². The van der Waals surface area contributed by atoms with E-state index in [4.69, 9.17) is 14.2 Å². The fraction of sp³-hybridized carbons (Fsp3) is 0.723. The van der Waals surface area contributed by atoms with Crippen LogP contribution >= 0.6 is 0 Å². The van der Waals surface area contributed by atoms with E-state index in [0.29, 0.717) is 25.7 Å². The molecule has 0 aliphatic carbocycles. The maximum Gasteiger partial charge on any atom is 0.306 e. The van der Waals surface area contributed by atoms with E-state index in [9.17, 15) is 14.4 Å². The second-order valence-corrected chi connectivity index (χ2v) is 14.2. The first kappa shape index (κ1) is 50.1. The Morgan fingerprint density at radius 1 is 0.377 bits per heavy atom. The maximum absolute atomic E-state index is 12.6. The Balaban J connectivity index is 4.55. The van der Waals surface area contributed by atoms with E-state index in [1.54, 1.807) is 0 Å². The van der Waals surface area contributed by atoms with E-state index < -0.39 is 12.1 Å². The molecule has 0 bridgehead atoms. The van der Waals surface area contributed by atoms with Gasteiger partial charge in [-0.2, -0.15) is 0 Å². The lowest BCUT2D eigenvalue weighted by Gasteiger charge is -2.18. The molecule has 0 aromatic carbocycles. The summed E-state index contributed by atoms with van der Waals surface area (Å²) < 4.78 is 16.5. The van der Waals surface area contributed by atoms with Crippen LogP contribution in [0.25, 0.3) is 0 Å². The van der Waals surface area contributed by atoms with Crippen LogP contribution in [0.15, 0.2) is 60.8 Å². The Labute approximate surface area is 326 Å². The average molecular weight is 741 g/mol. The first-order valence-electron chi connectivity index (χ1n) is 21.8. The van der Waals surface area contributed by atoms with Crippen molar-refractivity contribution in [2.75, 3.05) is 13.2 Å². The number of rotatable bonds is 38. The molecule has 1 atom stereocenters. The summed E-state index contributed by atoms with van der Waals surface area (Å²) in [7, 11) is 0. The average Bonchev–Trinajstić information content (AvgIpc) is 3.15. The lowest BCUT2D eigenvalue weighted by molar-refractivity contribution is -0.166. The fourth-order valence-electron chi connectivity index (χ4n) is 5.67. The van der Waals surface area contributed by atoms with Crippen LogP contribution in [0, 0.1) is 0 Å². The third kappa shape index (κ3) is 40.1. The summed E-state index contributed by atoms with van der Waals surface area (Å²) >= 11 is 0. The molecule has 0 saturated heterocycles. The maximum atomic E-state index is 12.6. The topological polar surface area (TPSA) is 78.9 Å². The van der Waals surface area contributed by atoms with E-state index in [2.05, 4.69) is 69.4 Å². The zero-order valence-corrected chi connectivity index (χ0v) is 34.5. The molecule has 0 aromatic rings. The third-order valence-electron chi connectivity index (χ3n) is 8.99. The second kappa shape index (κ2) is 41.9. The van der Waals surface area contributed by atoms with Gasteiger partial charge in [0, 0.05) is 19.3 Å². The molecule has 0 aliphatic rings. The molecule has 0 fully saturated rings. The van der Waals surface area contributed by atoms with Crippen molar-refractivity contribution >= 4 is 17.9 Å². The van der Waals surface area contributed by atoms with Gasteiger partial charge in [-0.15, -0.1) is 0 Å². The number of allylic oxidation sites excluding steroid dienone is 10. The van der Waals surface area contributed by atoms with Gasteiger partial charge in [-0.05, 0) is 77.0 Å². The molecule has 0 N–H and O–H groups in total. The van der Waals surface area contributed by atoms with Gasteiger partial charge in [0.25, 0.3) is 0 Å². The number of esters is 3. The number of carbonyl (C=O) groups excluding carboxylic acids is 3. The van der Waals surface area contributed by atoms with Crippen molar-refractivity contribution in [3.05, 3.63) is 60.8 Å². The fourth-order valence-corrected chi connectivity index (χ4v) is 5.67. The van der Waals surface area contributed by atoms with Gasteiger partial charge in [-0.1, -0.05) is 165 Å². The van der Waals surface area contributed by atoms with Crippen LogP contribution in [0.2, 0.25) is 0 Å². The smallest absolute Gasteiger partial charge is 0.306 e. The van der Waals surface area contributed by atoms with E-state index in [1.165, 1.54) is 103 Å². The van der Waals surface area contributed by atoms with Crippen LogP contribution in [0.1, 0.15) is 201 Å². The number of hydrogen-bond acceptors (Lipinski definition) is 6. The Morgan fingerprint density at radius 3 is 1.19 bits per heavy atom. The van der Waals surface area contributed by atoms with Crippen molar-refractivity contribution in [2.24, 2.45) is 0 Å². The minimum atomic E-state index is -0.834. The summed E-state index contributed by atoms with van der Waals surface area (Å²) in [6.07, 6.45) is 49.5. The van der Waals surface area contributed by atoms with Gasteiger partial charge in [-0.3, -0.25) is 14.4 Å². The summed E-state index contributed by atoms with van der Waals surface area (Å²) in [5.74, 6) is -1.11. The minimum absolute atomic E-state index is 0.130. The van der Waals surface area contributed by atoms with Gasteiger partial charge < -0.3 is 14.2 Å². The van der Waals surface area contributed by atoms with Crippen molar-refractivity contribution in [3.8, 4) is 0 Å². The minimum Gasteiger partial charge on any atom is -0.462 e. The third-order valence-corrected chi connectivity index (χ3v) is 8.99. The number of hydrogen-bond donors (Lipinski definition) is 0. The highest BCUT2D eigenvalue weighted by Gasteiger charge is 2.19. The number of ether oxygens (including phenoxy) is 3. The highest BCUT2D eigenvalue weighted by Crippen LogP contribution is 2.10. The SMILES string of the molecule is CCCCCC/C=C\CCCC(=O)OCC(COC(=O)CC/C=C\C/C=C\CCCCCCCC)OC(=O)CC/C=C\C/C=C\CCCCCCCC. The Morgan fingerprint density at radius 2 is 0.717 bits per heavy atom. The predicted molar refractivity (Wildman–Crippen MR) is 224 cm³/mol. The quantitative estimate of drug-likeness (QED) is 0.0271. The highest BCUT2D eigenvalue weighted by molar-refractivity contribution is 5.71. The van der Waals surface area contributed by atoms with Gasteiger partial charge in [-0.25, -0.2) is 0 Å². The Hall–Kier alpha value is -2.89. The summed E-state index contributed by atoms with van der Waals surface area (Å²) in [6.45, 7) is 6.43. The molecular weight excluding hydrogens is 661 g/mol. The zero-order valence-electron chi connectivity index (χ0n) is 34.5. The van der Waals surface area contributed by atoms with Crippen molar-refractivity contribution in [1.29, 1.82) is 0 Å². The van der Waals surface area contributed by atoms with Gasteiger partial charge in [0.15, 0.2) is 6.10 Å². The molecule has 0 rings (SSSR count). The number of unbranched alkanes of at least 4 members (excludes halogenated alkanes) is 17. The van der Waals surface area contributed by atoms with E-state index >= 15 is 0 Å². The van der Waals surface area contributed by atoms with Crippen LogP contribution in [-0.2, 0) is 28.6 Å². The molecule has 0 radical (unpaired) electrons. The molecule has 6 nitrogen and oxygen atoms in total. The molecule has 0 spiro atoms. The summed E-state index contributed by atoms with van der Waals surface area (Å²) in [5.41, 5.74) is 0. The molecule has 304 valence electrons. The normalized spacial score (nSPS) is 12.6. The Bertz CT molecular complexity index is 991. The second-order valence-electron chi connectivity index (χ2n) is 14.2. The van der Waals surface area contributed by atoms with E-state index in [-0.39, 0.29) is 38.0 Å².